The van der Waals surface area contributed by atoms with Crippen molar-refractivity contribution in [1.29, 1.82) is 0 Å². The van der Waals surface area contributed by atoms with Gasteiger partial charge in [-0.1, -0.05) is 23.8 Å². The van der Waals surface area contributed by atoms with Gasteiger partial charge in [-0.05, 0) is 39.3 Å². The molecule has 0 aliphatic heterocycles. The third-order valence-electron chi connectivity index (χ3n) is 2.61. The van der Waals surface area contributed by atoms with E-state index in [0.717, 1.165) is 5.56 Å². The fourth-order valence-electron chi connectivity index (χ4n) is 1.61. The normalized spacial score (nSPS) is 12.0. The standard InChI is InChI=1S/C15H21NO3S/c1-12(2)16-15(17)6-4-5-11-20(18,19)14-9-7-13(3)8-10-14/h5,7-12H,4,6H2,1-3H3,(H,16,17)/b11-5+. The number of benzene rings is 1. The Morgan fingerprint density at radius 3 is 2.40 bits per heavy atom. The highest BCUT2D eigenvalue weighted by atomic mass is 32.2. The summed E-state index contributed by atoms with van der Waals surface area (Å²) in [6.45, 7) is 5.67. The number of hydrogen-bond acceptors (Lipinski definition) is 3. The molecule has 0 radical (unpaired) electrons. The largest absolute Gasteiger partial charge is 0.354 e. The van der Waals surface area contributed by atoms with E-state index in [2.05, 4.69) is 5.32 Å². The van der Waals surface area contributed by atoms with E-state index >= 15 is 0 Å². The zero-order valence-electron chi connectivity index (χ0n) is 12.1. The second-order valence-electron chi connectivity index (χ2n) is 4.99. The summed E-state index contributed by atoms with van der Waals surface area (Å²) in [5.74, 6) is -0.0719. The molecule has 1 amide bonds. The van der Waals surface area contributed by atoms with Gasteiger partial charge in [0, 0.05) is 17.9 Å². The van der Waals surface area contributed by atoms with Gasteiger partial charge in [-0.3, -0.25) is 4.79 Å². The van der Waals surface area contributed by atoms with Crippen LogP contribution >= 0.6 is 0 Å². The minimum atomic E-state index is -3.41. The van der Waals surface area contributed by atoms with Gasteiger partial charge >= 0.3 is 0 Å². The van der Waals surface area contributed by atoms with E-state index in [0.29, 0.717) is 6.42 Å². The summed E-state index contributed by atoms with van der Waals surface area (Å²) >= 11 is 0. The van der Waals surface area contributed by atoms with Crippen LogP contribution in [-0.2, 0) is 14.6 Å². The van der Waals surface area contributed by atoms with Gasteiger partial charge in [-0.25, -0.2) is 8.42 Å². The summed E-state index contributed by atoms with van der Waals surface area (Å²) in [5.41, 5.74) is 1.01. The second kappa shape index (κ2) is 7.24. The molecule has 0 bridgehead atoms. The van der Waals surface area contributed by atoms with E-state index in [4.69, 9.17) is 0 Å². The Bertz CT molecular complexity index is 572. The molecule has 1 N–H and O–H groups in total. The molecule has 0 aromatic heterocycles. The third kappa shape index (κ3) is 5.57. The van der Waals surface area contributed by atoms with Crippen molar-refractivity contribution in [2.24, 2.45) is 0 Å². The summed E-state index contributed by atoms with van der Waals surface area (Å²) in [6, 6.07) is 6.79. The minimum absolute atomic E-state index is 0.0719. The molecular weight excluding hydrogens is 274 g/mol. The number of rotatable bonds is 6. The van der Waals surface area contributed by atoms with E-state index in [1.807, 2.05) is 20.8 Å². The van der Waals surface area contributed by atoms with Crippen molar-refractivity contribution >= 4 is 15.7 Å². The molecule has 1 aromatic carbocycles. The van der Waals surface area contributed by atoms with Gasteiger partial charge in [0.1, 0.15) is 0 Å². The average molecular weight is 295 g/mol. The Balaban J connectivity index is 2.56. The summed E-state index contributed by atoms with van der Waals surface area (Å²) in [4.78, 5) is 11.7. The molecule has 0 fully saturated rings. The van der Waals surface area contributed by atoms with Gasteiger partial charge in [0.15, 0.2) is 9.84 Å². The second-order valence-corrected chi connectivity index (χ2v) is 6.82. The van der Waals surface area contributed by atoms with E-state index in [1.54, 1.807) is 24.3 Å². The highest BCUT2D eigenvalue weighted by Crippen LogP contribution is 2.13. The Morgan fingerprint density at radius 1 is 1.25 bits per heavy atom. The van der Waals surface area contributed by atoms with Gasteiger partial charge in [0.2, 0.25) is 5.91 Å². The first kappa shape index (κ1) is 16.4. The third-order valence-corrected chi connectivity index (χ3v) is 4.09. The van der Waals surface area contributed by atoms with Crippen molar-refractivity contribution in [1.82, 2.24) is 5.32 Å². The van der Waals surface area contributed by atoms with E-state index < -0.39 is 9.84 Å². The van der Waals surface area contributed by atoms with Crippen molar-refractivity contribution < 1.29 is 13.2 Å². The summed E-state index contributed by atoms with van der Waals surface area (Å²) < 4.78 is 24.0. The summed E-state index contributed by atoms with van der Waals surface area (Å²) in [7, 11) is -3.41. The van der Waals surface area contributed by atoms with Crippen LogP contribution in [0.2, 0.25) is 0 Å². The molecule has 0 spiro atoms. The quantitative estimate of drug-likeness (QED) is 0.877. The molecule has 0 atom stereocenters. The average Bonchev–Trinajstić information content (AvgIpc) is 2.34. The summed E-state index contributed by atoms with van der Waals surface area (Å²) in [6.07, 6.45) is 2.22. The van der Waals surface area contributed by atoms with Gasteiger partial charge in [0.25, 0.3) is 0 Å². The van der Waals surface area contributed by atoms with E-state index in [9.17, 15) is 13.2 Å². The molecule has 0 saturated carbocycles. The molecule has 0 unspecified atom stereocenters. The van der Waals surface area contributed by atoms with E-state index in [1.165, 1.54) is 11.5 Å². The number of amides is 1. The highest BCUT2D eigenvalue weighted by molar-refractivity contribution is 7.94. The number of carbonyl (C=O) groups is 1. The number of sulfone groups is 1. The molecule has 0 heterocycles. The molecule has 4 nitrogen and oxygen atoms in total. The number of carbonyl (C=O) groups excluding carboxylic acids is 1. The molecular formula is C15H21NO3S. The highest BCUT2D eigenvalue weighted by Gasteiger charge is 2.09. The predicted octanol–water partition coefficient (Wildman–Crippen LogP) is 2.59. The maximum Gasteiger partial charge on any atom is 0.220 e. The van der Waals surface area contributed by atoms with Crippen LogP contribution in [0.4, 0.5) is 0 Å². The first-order chi connectivity index (χ1) is 9.31. The predicted molar refractivity (Wildman–Crippen MR) is 80.0 cm³/mol. The monoisotopic (exact) mass is 295 g/mol. The van der Waals surface area contributed by atoms with Crippen molar-refractivity contribution in [2.45, 2.75) is 44.6 Å². The number of allylic oxidation sites excluding steroid dienone is 1. The van der Waals surface area contributed by atoms with Crippen LogP contribution in [0.15, 0.2) is 40.6 Å². The van der Waals surface area contributed by atoms with Crippen LogP contribution in [0, 0.1) is 6.92 Å². The van der Waals surface area contributed by atoms with Crippen LogP contribution in [0.1, 0.15) is 32.3 Å². The Kier molecular flexibility index (Phi) is 5.95. The lowest BCUT2D eigenvalue weighted by molar-refractivity contribution is -0.121. The van der Waals surface area contributed by atoms with Gasteiger partial charge in [0.05, 0.1) is 4.90 Å². The molecule has 0 saturated heterocycles. The lowest BCUT2D eigenvalue weighted by Gasteiger charge is -2.06. The molecule has 1 rings (SSSR count). The molecule has 20 heavy (non-hydrogen) atoms. The van der Waals surface area contributed by atoms with Crippen molar-refractivity contribution in [3.05, 3.63) is 41.3 Å². The molecule has 5 heteroatoms. The molecule has 0 aliphatic carbocycles. The molecule has 0 aliphatic rings. The smallest absolute Gasteiger partial charge is 0.220 e. The van der Waals surface area contributed by atoms with Crippen molar-refractivity contribution in [2.75, 3.05) is 0 Å². The van der Waals surface area contributed by atoms with E-state index in [-0.39, 0.29) is 23.3 Å². The van der Waals surface area contributed by atoms with Crippen LogP contribution in [-0.4, -0.2) is 20.4 Å². The van der Waals surface area contributed by atoms with Crippen LogP contribution in [0.3, 0.4) is 0 Å². The first-order valence-electron chi connectivity index (χ1n) is 6.59. The van der Waals surface area contributed by atoms with Gasteiger partial charge < -0.3 is 5.32 Å². The summed E-state index contributed by atoms with van der Waals surface area (Å²) in [5, 5.41) is 3.92. The molecule has 1 aromatic rings. The fraction of sp³-hybridized carbons (Fsp3) is 0.400. The topological polar surface area (TPSA) is 63.2 Å². The van der Waals surface area contributed by atoms with Crippen molar-refractivity contribution in [3.63, 3.8) is 0 Å². The van der Waals surface area contributed by atoms with Gasteiger partial charge in [-0.2, -0.15) is 0 Å². The maximum atomic E-state index is 12.0. The lowest BCUT2D eigenvalue weighted by Crippen LogP contribution is -2.29. The Labute approximate surface area is 120 Å². The SMILES string of the molecule is Cc1ccc(S(=O)(=O)/C=C/CCC(=O)NC(C)C)cc1. The number of nitrogens with one attached hydrogen (secondary N) is 1. The van der Waals surface area contributed by atoms with Crippen LogP contribution in [0.5, 0.6) is 0 Å². The number of hydrogen-bond donors (Lipinski definition) is 1. The van der Waals surface area contributed by atoms with Crippen LogP contribution < -0.4 is 5.32 Å². The lowest BCUT2D eigenvalue weighted by atomic mass is 10.2. The zero-order valence-corrected chi connectivity index (χ0v) is 12.9. The Hall–Kier alpha value is -1.62. The van der Waals surface area contributed by atoms with Gasteiger partial charge in [-0.15, -0.1) is 0 Å². The first-order valence-corrected chi connectivity index (χ1v) is 8.13. The fourth-order valence-corrected chi connectivity index (χ4v) is 2.67. The number of aryl methyl sites for hydroxylation is 1. The minimum Gasteiger partial charge on any atom is -0.354 e. The van der Waals surface area contributed by atoms with Crippen LogP contribution in [0.25, 0.3) is 0 Å². The zero-order chi connectivity index (χ0) is 15.2. The maximum absolute atomic E-state index is 12.0. The molecule has 110 valence electrons. The Morgan fingerprint density at radius 2 is 1.85 bits per heavy atom. The van der Waals surface area contributed by atoms with Crippen molar-refractivity contribution in [3.8, 4) is 0 Å².